The van der Waals surface area contributed by atoms with E-state index >= 15 is 0 Å². The van der Waals surface area contributed by atoms with E-state index in [2.05, 4.69) is 35.0 Å². The van der Waals surface area contributed by atoms with Crippen LogP contribution in [0.5, 0.6) is 0 Å². The first kappa shape index (κ1) is 27.8. The summed E-state index contributed by atoms with van der Waals surface area (Å²) >= 11 is 0. The fraction of sp³-hybridized carbons (Fsp3) is 0.545. The number of aliphatic imine (C=N–C) groups is 2. The Balaban J connectivity index is 0.000000612. The molecule has 1 unspecified atom stereocenters. The van der Waals surface area contributed by atoms with Crippen molar-refractivity contribution in [2.75, 3.05) is 51.8 Å². The van der Waals surface area contributed by atoms with Gasteiger partial charge in [0.05, 0.1) is 24.8 Å². The number of carbonyl (C=O) groups is 1. The van der Waals surface area contributed by atoms with Gasteiger partial charge in [0.25, 0.3) is 0 Å². The summed E-state index contributed by atoms with van der Waals surface area (Å²) in [5.41, 5.74) is 1.80. The SMILES string of the molecule is CCN=C=NCCCN(C)C.CCOC(=O)N1c2ccccc2C=CC1OCC.Cl. The van der Waals surface area contributed by atoms with Crippen molar-refractivity contribution >= 4 is 36.3 Å². The van der Waals surface area contributed by atoms with Gasteiger partial charge in [0, 0.05) is 13.2 Å². The first-order chi connectivity index (χ1) is 14.0. The van der Waals surface area contributed by atoms with Crippen LogP contribution in [0.25, 0.3) is 6.08 Å². The minimum absolute atomic E-state index is 0. The van der Waals surface area contributed by atoms with Gasteiger partial charge in [0.2, 0.25) is 0 Å². The lowest BCUT2D eigenvalue weighted by Crippen LogP contribution is -2.43. The van der Waals surface area contributed by atoms with Gasteiger partial charge in [0.1, 0.15) is 0 Å². The molecular weight excluding hydrogens is 404 g/mol. The summed E-state index contributed by atoms with van der Waals surface area (Å²) in [4.78, 5) is 23.6. The van der Waals surface area contributed by atoms with E-state index in [1.54, 1.807) is 11.8 Å². The van der Waals surface area contributed by atoms with E-state index in [9.17, 15) is 4.79 Å². The molecule has 0 bridgehead atoms. The van der Waals surface area contributed by atoms with Crippen molar-refractivity contribution in [1.29, 1.82) is 0 Å². The number of benzene rings is 1. The lowest BCUT2D eigenvalue weighted by molar-refractivity contribution is 0.0830. The third kappa shape index (κ3) is 10.0. The van der Waals surface area contributed by atoms with Gasteiger partial charge < -0.3 is 14.4 Å². The van der Waals surface area contributed by atoms with Crippen LogP contribution in [-0.4, -0.2) is 70.2 Å². The number of ether oxygens (including phenoxy) is 2. The molecule has 1 aromatic carbocycles. The zero-order chi connectivity index (χ0) is 21.5. The molecule has 1 heterocycles. The molecule has 1 atom stereocenters. The lowest BCUT2D eigenvalue weighted by Gasteiger charge is -2.32. The summed E-state index contributed by atoms with van der Waals surface area (Å²) in [6.45, 7) is 9.24. The Labute approximate surface area is 186 Å². The highest BCUT2D eigenvalue weighted by molar-refractivity contribution is 5.93. The van der Waals surface area contributed by atoms with Gasteiger partial charge in [-0.3, -0.25) is 0 Å². The van der Waals surface area contributed by atoms with Gasteiger partial charge in [-0.2, -0.15) is 0 Å². The highest BCUT2D eigenvalue weighted by Gasteiger charge is 2.29. The van der Waals surface area contributed by atoms with Crippen LogP contribution < -0.4 is 4.90 Å². The Morgan fingerprint density at radius 1 is 1.17 bits per heavy atom. The Morgan fingerprint density at radius 3 is 2.53 bits per heavy atom. The molecule has 0 fully saturated rings. The zero-order valence-electron chi connectivity index (χ0n) is 18.7. The fourth-order valence-electron chi connectivity index (χ4n) is 2.59. The van der Waals surface area contributed by atoms with E-state index in [4.69, 9.17) is 9.47 Å². The molecule has 1 aliphatic heterocycles. The Bertz CT molecular complexity index is 703. The summed E-state index contributed by atoms with van der Waals surface area (Å²) in [5.74, 6) is 0. The molecule has 168 valence electrons. The van der Waals surface area contributed by atoms with Crippen LogP contribution in [0.4, 0.5) is 10.5 Å². The van der Waals surface area contributed by atoms with Crippen LogP contribution in [-0.2, 0) is 9.47 Å². The summed E-state index contributed by atoms with van der Waals surface area (Å²) in [6, 6.07) is 10.3. The number of fused-ring (bicyclic) bond motifs is 1. The predicted molar refractivity (Wildman–Crippen MR) is 126 cm³/mol. The van der Waals surface area contributed by atoms with Crippen LogP contribution >= 0.6 is 12.4 Å². The first-order valence-corrected chi connectivity index (χ1v) is 10.1. The summed E-state index contributed by atoms with van der Waals surface area (Å²) in [7, 11) is 4.12. The Hall–Kier alpha value is -2.18. The molecule has 2 rings (SSSR count). The molecule has 0 spiro atoms. The Kier molecular flexibility index (Phi) is 15.4. The van der Waals surface area contributed by atoms with E-state index < -0.39 is 6.23 Å². The van der Waals surface area contributed by atoms with E-state index in [0.717, 1.165) is 37.3 Å². The topological polar surface area (TPSA) is 66.7 Å². The number of nitrogens with zero attached hydrogens (tertiary/aromatic N) is 4. The van der Waals surface area contributed by atoms with Crippen LogP contribution in [0.3, 0.4) is 0 Å². The number of rotatable bonds is 8. The van der Waals surface area contributed by atoms with Gasteiger partial charge in [-0.1, -0.05) is 24.3 Å². The van der Waals surface area contributed by atoms with Crippen molar-refractivity contribution in [2.45, 2.75) is 33.4 Å². The van der Waals surface area contributed by atoms with E-state index in [1.807, 2.05) is 50.3 Å². The Morgan fingerprint density at radius 2 is 1.90 bits per heavy atom. The van der Waals surface area contributed by atoms with Gasteiger partial charge >= 0.3 is 6.09 Å². The van der Waals surface area contributed by atoms with Crippen molar-refractivity contribution < 1.29 is 14.3 Å². The molecule has 0 saturated carbocycles. The molecule has 8 heteroatoms. The van der Waals surface area contributed by atoms with Crippen LogP contribution in [0.2, 0.25) is 0 Å². The van der Waals surface area contributed by atoms with Gasteiger partial charge in [-0.15, -0.1) is 12.4 Å². The lowest BCUT2D eigenvalue weighted by atomic mass is 10.1. The smallest absolute Gasteiger partial charge is 0.416 e. The number of hydrogen-bond acceptors (Lipinski definition) is 6. The maximum atomic E-state index is 12.0. The number of carbonyl (C=O) groups excluding carboxylic acids is 1. The second-order valence-electron chi connectivity index (χ2n) is 6.45. The van der Waals surface area contributed by atoms with E-state index in [-0.39, 0.29) is 18.5 Å². The number of para-hydroxylation sites is 1. The molecule has 0 N–H and O–H groups in total. The van der Waals surface area contributed by atoms with Crippen LogP contribution in [0.1, 0.15) is 32.8 Å². The number of halogens is 1. The highest BCUT2D eigenvalue weighted by Crippen LogP contribution is 2.29. The minimum Gasteiger partial charge on any atom is -0.449 e. The molecule has 0 aliphatic carbocycles. The molecule has 1 aliphatic rings. The average Bonchev–Trinajstić information content (AvgIpc) is 2.71. The van der Waals surface area contributed by atoms with Crippen molar-refractivity contribution in [3.63, 3.8) is 0 Å². The molecule has 0 saturated heterocycles. The third-order valence-electron chi connectivity index (χ3n) is 3.87. The molecule has 1 amide bonds. The largest absolute Gasteiger partial charge is 0.449 e. The van der Waals surface area contributed by atoms with Gasteiger partial charge in [-0.05, 0) is 65.5 Å². The molecule has 1 aromatic rings. The molecule has 0 radical (unpaired) electrons. The maximum Gasteiger partial charge on any atom is 0.416 e. The zero-order valence-corrected chi connectivity index (χ0v) is 19.5. The minimum atomic E-state index is -0.399. The standard InChI is InChI=1S/C14H17NO3.C8H17N3.ClH/c1-3-17-13-10-9-11-7-5-6-8-12(11)15(13)14(16)18-4-2;1-4-9-8-10-6-5-7-11(2)3;/h5-10,13H,3-4H2,1-2H3;4-7H2,1-3H3;1H. The normalized spacial score (nSPS) is 13.9. The first-order valence-electron chi connectivity index (χ1n) is 10.1. The van der Waals surface area contributed by atoms with E-state index in [0.29, 0.717) is 13.2 Å². The van der Waals surface area contributed by atoms with Crippen molar-refractivity contribution in [2.24, 2.45) is 9.98 Å². The molecule has 0 aromatic heterocycles. The highest BCUT2D eigenvalue weighted by atomic mass is 35.5. The fourth-order valence-corrected chi connectivity index (χ4v) is 2.59. The predicted octanol–water partition coefficient (Wildman–Crippen LogP) is 4.59. The van der Waals surface area contributed by atoms with E-state index in [1.165, 1.54) is 0 Å². The van der Waals surface area contributed by atoms with Crippen molar-refractivity contribution in [3.8, 4) is 0 Å². The van der Waals surface area contributed by atoms with Gasteiger partial charge in [-0.25, -0.2) is 19.7 Å². The summed E-state index contributed by atoms with van der Waals surface area (Å²) in [5, 5.41) is 0. The number of amides is 1. The quantitative estimate of drug-likeness (QED) is 0.439. The van der Waals surface area contributed by atoms with Crippen molar-refractivity contribution in [3.05, 3.63) is 35.9 Å². The second-order valence-corrected chi connectivity index (χ2v) is 6.45. The molecule has 30 heavy (non-hydrogen) atoms. The van der Waals surface area contributed by atoms with Crippen LogP contribution in [0, 0.1) is 0 Å². The number of hydrogen-bond donors (Lipinski definition) is 0. The van der Waals surface area contributed by atoms with Crippen molar-refractivity contribution in [1.82, 2.24) is 4.90 Å². The monoisotopic (exact) mass is 438 g/mol. The maximum absolute atomic E-state index is 12.0. The molecular formula is C22H35ClN4O3. The third-order valence-corrected chi connectivity index (χ3v) is 3.87. The second kappa shape index (κ2) is 16.6. The number of anilines is 1. The summed E-state index contributed by atoms with van der Waals surface area (Å²) in [6.07, 6.45) is 4.13. The average molecular weight is 439 g/mol. The van der Waals surface area contributed by atoms with Gasteiger partial charge in [0.15, 0.2) is 6.23 Å². The molecule has 7 nitrogen and oxygen atoms in total. The summed E-state index contributed by atoms with van der Waals surface area (Å²) < 4.78 is 10.6. The van der Waals surface area contributed by atoms with Crippen LogP contribution in [0.15, 0.2) is 40.3 Å².